The maximum absolute atomic E-state index is 9.12. The molecule has 0 heterocycles. The lowest BCUT2D eigenvalue weighted by atomic mass is 10.1. The lowest BCUT2D eigenvalue weighted by Gasteiger charge is -2.13. The molecule has 0 fully saturated rings. The van der Waals surface area contributed by atoms with Crippen LogP contribution in [0, 0.1) is 32.1 Å². The molecular formula is C16H14BrNO. The first-order chi connectivity index (χ1) is 9.01. The molecule has 3 heteroatoms. The zero-order chi connectivity index (χ0) is 14.0. The van der Waals surface area contributed by atoms with Gasteiger partial charge in [0.25, 0.3) is 0 Å². The van der Waals surface area contributed by atoms with Crippen LogP contribution in [0.1, 0.15) is 22.3 Å². The zero-order valence-electron chi connectivity index (χ0n) is 11.1. The first kappa shape index (κ1) is 13.6. The monoisotopic (exact) mass is 315 g/mol. The molecule has 0 saturated heterocycles. The van der Waals surface area contributed by atoms with E-state index in [2.05, 4.69) is 35.0 Å². The minimum Gasteiger partial charge on any atom is -0.456 e. The number of aryl methyl sites for hydroxylation is 2. The molecule has 0 aliphatic heterocycles. The van der Waals surface area contributed by atoms with E-state index < -0.39 is 0 Å². The topological polar surface area (TPSA) is 33.0 Å². The van der Waals surface area contributed by atoms with Crippen LogP contribution in [0.2, 0.25) is 0 Å². The molecule has 0 aromatic heterocycles. The second-order valence-corrected chi connectivity index (χ2v) is 5.47. The number of hydrogen-bond acceptors (Lipinski definition) is 2. The Hall–Kier alpha value is -1.79. The fourth-order valence-electron chi connectivity index (χ4n) is 1.90. The quantitative estimate of drug-likeness (QED) is 0.778. The van der Waals surface area contributed by atoms with Gasteiger partial charge in [-0.05, 0) is 61.7 Å². The molecule has 0 N–H and O–H groups in total. The summed E-state index contributed by atoms with van der Waals surface area (Å²) in [4.78, 5) is 0. The lowest BCUT2D eigenvalue weighted by molar-refractivity contribution is 0.476. The highest BCUT2D eigenvalue weighted by atomic mass is 79.9. The number of rotatable bonds is 2. The Morgan fingerprint density at radius 1 is 1.05 bits per heavy atom. The van der Waals surface area contributed by atoms with Crippen molar-refractivity contribution in [3.63, 3.8) is 0 Å². The third-order valence-electron chi connectivity index (χ3n) is 3.05. The van der Waals surface area contributed by atoms with E-state index in [0.29, 0.717) is 11.3 Å². The fourth-order valence-corrected chi connectivity index (χ4v) is 2.24. The molecule has 0 bridgehead atoms. The summed E-state index contributed by atoms with van der Waals surface area (Å²) in [6.45, 7) is 6.11. The Morgan fingerprint density at radius 2 is 1.79 bits per heavy atom. The standard InChI is InChI=1S/C16H14BrNO/c1-10-6-11(2)12(3)15(7-10)19-16-8-14(17)5-4-13(16)9-18/h4-8H,1-3H3. The Balaban J connectivity index is 2.47. The van der Waals surface area contributed by atoms with Gasteiger partial charge in [-0.25, -0.2) is 0 Å². The van der Waals surface area contributed by atoms with E-state index in [1.807, 2.05) is 32.0 Å². The van der Waals surface area contributed by atoms with Gasteiger partial charge < -0.3 is 4.74 Å². The van der Waals surface area contributed by atoms with Crippen molar-refractivity contribution in [3.05, 3.63) is 57.1 Å². The van der Waals surface area contributed by atoms with Crippen LogP contribution >= 0.6 is 15.9 Å². The van der Waals surface area contributed by atoms with Crippen molar-refractivity contribution in [1.29, 1.82) is 5.26 Å². The van der Waals surface area contributed by atoms with Crippen molar-refractivity contribution in [2.45, 2.75) is 20.8 Å². The smallest absolute Gasteiger partial charge is 0.146 e. The molecule has 96 valence electrons. The van der Waals surface area contributed by atoms with Crippen molar-refractivity contribution in [1.82, 2.24) is 0 Å². The van der Waals surface area contributed by atoms with Crippen LogP contribution in [-0.2, 0) is 0 Å². The van der Waals surface area contributed by atoms with Crippen LogP contribution in [-0.4, -0.2) is 0 Å². The minimum atomic E-state index is 0.529. The highest BCUT2D eigenvalue weighted by Crippen LogP contribution is 2.32. The molecule has 0 amide bonds. The van der Waals surface area contributed by atoms with Gasteiger partial charge in [-0.15, -0.1) is 0 Å². The summed E-state index contributed by atoms with van der Waals surface area (Å²) in [5.41, 5.74) is 3.95. The number of nitriles is 1. The van der Waals surface area contributed by atoms with Gasteiger partial charge in [0.05, 0.1) is 5.56 Å². The molecule has 0 saturated carbocycles. The predicted molar refractivity (Wildman–Crippen MR) is 79.6 cm³/mol. The van der Waals surface area contributed by atoms with Gasteiger partial charge in [-0.2, -0.15) is 5.26 Å². The van der Waals surface area contributed by atoms with Crippen LogP contribution in [0.5, 0.6) is 11.5 Å². The summed E-state index contributed by atoms with van der Waals surface area (Å²) in [7, 11) is 0. The van der Waals surface area contributed by atoms with Gasteiger partial charge in [0, 0.05) is 4.47 Å². The maximum atomic E-state index is 9.12. The lowest BCUT2D eigenvalue weighted by Crippen LogP contribution is -1.93. The summed E-state index contributed by atoms with van der Waals surface area (Å²) in [5.74, 6) is 1.37. The van der Waals surface area contributed by atoms with E-state index in [1.165, 1.54) is 5.56 Å². The maximum Gasteiger partial charge on any atom is 0.146 e. The number of hydrogen-bond donors (Lipinski definition) is 0. The molecular weight excluding hydrogens is 302 g/mol. The highest BCUT2D eigenvalue weighted by molar-refractivity contribution is 9.10. The van der Waals surface area contributed by atoms with E-state index in [4.69, 9.17) is 10.00 Å². The number of benzene rings is 2. The second-order valence-electron chi connectivity index (χ2n) is 4.56. The van der Waals surface area contributed by atoms with Gasteiger partial charge in [-0.3, -0.25) is 0 Å². The van der Waals surface area contributed by atoms with Crippen LogP contribution in [0.15, 0.2) is 34.8 Å². The molecule has 2 rings (SSSR count). The third-order valence-corrected chi connectivity index (χ3v) is 3.54. The first-order valence-corrected chi connectivity index (χ1v) is 6.76. The molecule has 2 nitrogen and oxygen atoms in total. The molecule has 2 aromatic rings. The van der Waals surface area contributed by atoms with Crippen molar-refractivity contribution in [3.8, 4) is 17.6 Å². The molecule has 0 aliphatic carbocycles. The Kier molecular flexibility index (Phi) is 3.92. The number of ether oxygens (including phenoxy) is 1. The summed E-state index contributed by atoms with van der Waals surface area (Å²) >= 11 is 3.40. The Labute approximate surface area is 121 Å². The third kappa shape index (κ3) is 2.97. The van der Waals surface area contributed by atoms with Crippen molar-refractivity contribution in [2.75, 3.05) is 0 Å². The van der Waals surface area contributed by atoms with Gasteiger partial charge in [0.2, 0.25) is 0 Å². The van der Waals surface area contributed by atoms with Crippen LogP contribution in [0.25, 0.3) is 0 Å². The molecule has 0 spiro atoms. The first-order valence-electron chi connectivity index (χ1n) is 5.96. The number of halogens is 1. The summed E-state index contributed by atoms with van der Waals surface area (Å²) in [6.07, 6.45) is 0. The highest BCUT2D eigenvalue weighted by Gasteiger charge is 2.09. The van der Waals surface area contributed by atoms with E-state index in [0.717, 1.165) is 21.3 Å². The largest absolute Gasteiger partial charge is 0.456 e. The molecule has 0 unspecified atom stereocenters. The molecule has 2 aromatic carbocycles. The molecule has 0 aliphatic rings. The molecule has 19 heavy (non-hydrogen) atoms. The van der Waals surface area contributed by atoms with Gasteiger partial charge in [0.1, 0.15) is 17.6 Å². The van der Waals surface area contributed by atoms with Gasteiger partial charge in [0.15, 0.2) is 0 Å². The van der Waals surface area contributed by atoms with E-state index in [-0.39, 0.29) is 0 Å². The number of nitrogens with zero attached hydrogens (tertiary/aromatic N) is 1. The van der Waals surface area contributed by atoms with Gasteiger partial charge in [-0.1, -0.05) is 22.0 Å². The Morgan fingerprint density at radius 3 is 2.47 bits per heavy atom. The SMILES string of the molecule is Cc1cc(C)c(C)c(Oc2cc(Br)ccc2C#N)c1. The normalized spacial score (nSPS) is 10.1. The predicted octanol–water partition coefficient (Wildman–Crippen LogP) is 5.04. The van der Waals surface area contributed by atoms with E-state index in [1.54, 1.807) is 6.07 Å². The summed E-state index contributed by atoms with van der Waals surface area (Å²) in [5, 5.41) is 9.12. The van der Waals surface area contributed by atoms with E-state index in [9.17, 15) is 0 Å². The molecule has 0 atom stereocenters. The van der Waals surface area contributed by atoms with E-state index >= 15 is 0 Å². The fraction of sp³-hybridized carbons (Fsp3) is 0.188. The van der Waals surface area contributed by atoms with Crippen molar-refractivity contribution < 1.29 is 4.74 Å². The second kappa shape index (κ2) is 5.46. The van der Waals surface area contributed by atoms with Crippen molar-refractivity contribution >= 4 is 15.9 Å². The van der Waals surface area contributed by atoms with Crippen LogP contribution < -0.4 is 4.74 Å². The van der Waals surface area contributed by atoms with Crippen molar-refractivity contribution in [2.24, 2.45) is 0 Å². The average molecular weight is 316 g/mol. The summed E-state index contributed by atoms with van der Waals surface area (Å²) < 4.78 is 6.81. The van der Waals surface area contributed by atoms with Crippen LogP contribution in [0.4, 0.5) is 0 Å². The summed E-state index contributed by atoms with van der Waals surface area (Å²) in [6, 6.07) is 11.7. The zero-order valence-corrected chi connectivity index (χ0v) is 12.7. The molecule has 0 radical (unpaired) electrons. The van der Waals surface area contributed by atoms with Crippen LogP contribution in [0.3, 0.4) is 0 Å². The minimum absolute atomic E-state index is 0.529. The van der Waals surface area contributed by atoms with Gasteiger partial charge >= 0.3 is 0 Å². The average Bonchev–Trinajstić information content (AvgIpc) is 2.35. The Bertz CT molecular complexity index is 671.